The van der Waals surface area contributed by atoms with Crippen molar-refractivity contribution in [2.24, 2.45) is 4.99 Å². The molecular weight excluding hydrogens is 224 g/mol. The second-order valence-electron chi connectivity index (χ2n) is 3.91. The highest BCUT2D eigenvalue weighted by Gasteiger charge is 2.07. The maximum atomic E-state index is 5.45. The van der Waals surface area contributed by atoms with E-state index in [-0.39, 0.29) is 6.10 Å². The van der Waals surface area contributed by atoms with Crippen LogP contribution in [-0.4, -0.2) is 24.9 Å². The van der Waals surface area contributed by atoms with Gasteiger partial charge in [-0.2, -0.15) is 0 Å². The van der Waals surface area contributed by atoms with Gasteiger partial charge < -0.3 is 4.74 Å². The van der Waals surface area contributed by atoms with Crippen molar-refractivity contribution >= 4 is 6.21 Å². The maximum Gasteiger partial charge on any atom is 0.102 e. The minimum Gasteiger partial charge on any atom is -0.375 e. The van der Waals surface area contributed by atoms with Gasteiger partial charge in [0.15, 0.2) is 0 Å². The van der Waals surface area contributed by atoms with Crippen molar-refractivity contribution in [2.45, 2.75) is 6.10 Å². The second kappa shape index (κ2) is 6.67. The summed E-state index contributed by atoms with van der Waals surface area (Å²) in [6.45, 7) is 0.614. The van der Waals surface area contributed by atoms with Crippen LogP contribution in [0.1, 0.15) is 17.2 Å². The molecule has 1 aromatic heterocycles. The summed E-state index contributed by atoms with van der Waals surface area (Å²) in [5.41, 5.74) is 2.19. The molecule has 0 bridgehead atoms. The Morgan fingerprint density at radius 3 is 2.56 bits per heavy atom. The number of hydrogen-bond donors (Lipinski definition) is 0. The van der Waals surface area contributed by atoms with Crippen molar-refractivity contribution in [1.82, 2.24) is 4.98 Å². The van der Waals surface area contributed by atoms with E-state index in [2.05, 4.69) is 22.1 Å². The molecule has 0 saturated heterocycles. The second-order valence-corrected chi connectivity index (χ2v) is 3.91. The van der Waals surface area contributed by atoms with Crippen LogP contribution in [0.3, 0.4) is 0 Å². The van der Waals surface area contributed by atoms with Crippen LogP contribution in [0.5, 0.6) is 0 Å². The zero-order valence-corrected chi connectivity index (χ0v) is 10.4. The van der Waals surface area contributed by atoms with Crippen molar-refractivity contribution in [3.05, 3.63) is 66.0 Å². The molecule has 0 fully saturated rings. The molecule has 0 aliphatic rings. The van der Waals surface area contributed by atoms with Gasteiger partial charge in [0.1, 0.15) is 6.10 Å². The monoisotopic (exact) mass is 240 g/mol. The number of rotatable bonds is 5. The Balaban J connectivity index is 1.98. The number of hydrogen-bond acceptors (Lipinski definition) is 3. The van der Waals surface area contributed by atoms with E-state index in [0.29, 0.717) is 6.54 Å². The fraction of sp³-hybridized carbons (Fsp3) is 0.200. The highest BCUT2D eigenvalue weighted by Crippen LogP contribution is 2.16. The lowest BCUT2D eigenvalue weighted by atomic mass is 10.1. The first kappa shape index (κ1) is 12.5. The summed E-state index contributed by atoms with van der Waals surface area (Å²) >= 11 is 0. The van der Waals surface area contributed by atoms with E-state index in [1.54, 1.807) is 19.5 Å². The molecule has 0 radical (unpaired) electrons. The van der Waals surface area contributed by atoms with Crippen molar-refractivity contribution in [1.29, 1.82) is 0 Å². The zero-order valence-electron chi connectivity index (χ0n) is 10.4. The van der Waals surface area contributed by atoms with E-state index in [1.165, 1.54) is 0 Å². The molecule has 18 heavy (non-hydrogen) atoms. The molecule has 1 heterocycles. The number of aromatic nitrogens is 1. The Labute approximate surface area is 107 Å². The molecular formula is C15H16N2O. The fourth-order valence-electron chi connectivity index (χ4n) is 1.69. The molecule has 92 valence electrons. The molecule has 0 N–H and O–H groups in total. The summed E-state index contributed by atoms with van der Waals surface area (Å²) in [5, 5.41) is 0. The van der Waals surface area contributed by atoms with Gasteiger partial charge in [0.2, 0.25) is 0 Å². The minimum absolute atomic E-state index is 0.00397. The summed E-state index contributed by atoms with van der Waals surface area (Å²) in [7, 11) is 1.71. The van der Waals surface area contributed by atoms with Gasteiger partial charge in [-0.15, -0.1) is 0 Å². The predicted octanol–water partition coefficient (Wildman–Crippen LogP) is 2.89. The number of aliphatic imine (C=N–C) groups is 1. The standard InChI is InChI=1S/C15H16N2O/c1-18-15(14-5-3-2-4-6-14)12-17-11-13-7-9-16-10-8-13/h2-11,15H,12H2,1H3. The van der Waals surface area contributed by atoms with E-state index in [1.807, 2.05) is 36.5 Å². The lowest BCUT2D eigenvalue weighted by Crippen LogP contribution is -2.05. The Bertz CT molecular complexity index is 482. The summed E-state index contributed by atoms with van der Waals surface area (Å²) in [6.07, 6.45) is 5.36. The Kier molecular flexibility index (Phi) is 4.61. The van der Waals surface area contributed by atoms with Crippen molar-refractivity contribution in [3.8, 4) is 0 Å². The van der Waals surface area contributed by atoms with Crippen molar-refractivity contribution in [2.75, 3.05) is 13.7 Å². The molecule has 0 saturated carbocycles. The Morgan fingerprint density at radius 2 is 1.89 bits per heavy atom. The first-order chi connectivity index (χ1) is 8.90. The molecule has 0 aliphatic carbocycles. The molecule has 0 aliphatic heterocycles. The van der Waals surface area contributed by atoms with Gasteiger partial charge in [0.05, 0.1) is 6.54 Å². The van der Waals surface area contributed by atoms with E-state index in [0.717, 1.165) is 11.1 Å². The maximum absolute atomic E-state index is 5.45. The molecule has 1 unspecified atom stereocenters. The Hall–Kier alpha value is -2.00. The lowest BCUT2D eigenvalue weighted by molar-refractivity contribution is 0.111. The van der Waals surface area contributed by atoms with Crippen LogP contribution < -0.4 is 0 Å². The highest BCUT2D eigenvalue weighted by molar-refractivity contribution is 5.79. The fourth-order valence-corrected chi connectivity index (χ4v) is 1.69. The predicted molar refractivity (Wildman–Crippen MR) is 72.9 cm³/mol. The molecule has 3 heteroatoms. The lowest BCUT2D eigenvalue weighted by Gasteiger charge is -2.12. The van der Waals surface area contributed by atoms with Gasteiger partial charge in [-0.05, 0) is 23.3 Å². The zero-order chi connectivity index (χ0) is 12.6. The van der Waals surface area contributed by atoms with Crippen LogP contribution in [0.25, 0.3) is 0 Å². The quantitative estimate of drug-likeness (QED) is 0.753. The number of benzene rings is 1. The van der Waals surface area contributed by atoms with Crippen molar-refractivity contribution < 1.29 is 4.74 Å². The third-order valence-electron chi connectivity index (χ3n) is 2.67. The first-order valence-corrected chi connectivity index (χ1v) is 5.88. The first-order valence-electron chi connectivity index (χ1n) is 5.88. The average Bonchev–Trinajstić information content (AvgIpc) is 2.46. The topological polar surface area (TPSA) is 34.5 Å². The highest BCUT2D eigenvalue weighted by atomic mass is 16.5. The molecule has 0 spiro atoms. The number of ether oxygens (including phenoxy) is 1. The molecule has 2 aromatic rings. The van der Waals surface area contributed by atoms with Crippen molar-refractivity contribution in [3.63, 3.8) is 0 Å². The molecule has 3 nitrogen and oxygen atoms in total. The molecule has 2 rings (SSSR count). The van der Waals surface area contributed by atoms with Gasteiger partial charge in [0.25, 0.3) is 0 Å². The smallest absolute Gasteiger partial charge is 0.102 e. The van der Waals surface area contributed by atoms with E-state index in [4.69, 9.17) is 4.74 Å². The summed E-state index contributed by atoms with van der Waals surface area (Å²) in [4.78, 5) is 8.38. The van der Waals surface area contributed by atoms with Crippen LogP contribution in [0.2, 0.25) is 0 Å². The van der Waals surface area contributed by atoms with E-state index in [9.17, 15) is 0 Å². The number of methoxy groups -OCH3 is 1. The third-order valence-corrected chi connectivity index (χ3v) is 2.67. The molecule has 1 aromatic carbocycles. The van der Waals surface area contributed by atoms with Gasteiger partial charge in [0, 0.05) is 25.7 Å². The summed E-state index contributed by atoms with van der Waals surface area (Å²) < 4.78 is 5.45. The van der Waals surface area contributed by atoms with Gasteiger partial charge in [-0.1, -0.05) is 30.3 Å². The SMILES string of the molecule is COC(CN=Cc1ccncc1)c1ccccc1. The van der Waals surface area contributed by atoms with E-state index >= 15 is 0 Å². The van der Waals surface area contributed by atoms with Crippen LogP contribution in [-0.2, 0) is 4.74 Å². The largest absolute Gasteiger partial charge is 0.375 e. The van der Waals surface area contributed by atoms with Gasteiger partial charge in [-0.25, -0.2) is 0 Å². The average molecular weight is 240 g/mol. The summed E-state index contributed by atoms with van der Waals surface area (Å²) in [5.74, 6) is 0. The number of pyridine rings is 1. The van der Waals surface area contributed by atoms with Gasteiger partial charge >= 0.3 is 0 Å². The Morgan fingerprint density at radius 1 is 1.17 bits per heavy atom. The van der Waals surface area contributed by atoms with Crippen LogP contribution >= 0.6 is 0 Å². The van der Waals surface area contributed by atoms with Crippen LogP contribution in [0.4, 0.5) is 0 Å². The minimum atomic E-state index is 0.00397. The molecule has 1 atom stereocenters. The molecule has 0 amide bonds. The summed E-state index contributed by atoms with van der Waals surface area (Å²) in [6, 6.07) is 14.0. The normalized spacial score (nSPS) is 12.7. The van der Waals surface area contributed by atoms with Crippen LogP contribution in [0, 0.1) is 0 Å². The van der Waals surface area contributed by atoms with Crippen LogP contribution in [0.15, 0.2) is 59.9 Å². The van der Waals surface area contributed by atoms with E-state index < -0.39 is 0 Å². The third kappa shape index (κ3) is 3.50. The van der Waals surface area contributed by atoms with Gasteiger partial charge in [-0.3, -0.25) is 9.98 Å². The number of nitrogens with zero attached hydrogens (tertiary/aromatic N) is 2.